The number of nitrogens with zero attached hydrogens (tertiary/aromatic N) is 2. The molecule has 0 fully saturated rings. The molecule has 31 heavy (non-hydrogen) atoms. The van der Waals surface area contributed by atoms with Gasteiger partial charge in [0.2, 0.25) is 0 Å². The molecule has 0 bridgehead atoms. The zero-order chi connectivity index (χ0) is 21.8. The Hall–Kier alpha value is -3.71. The lowest BCUT2D eigenvalue weighted by Crippen LogP contribution is -2.28. The van der Waals surface area contributed by atoms with Gasteiger partial charge >= 0.3 is 0 Å². The smallest absolute Gasteiger partial charge is 0.252 e. The lowest BCUT2D eigenvalue weighted by molar-refractivity contribution is 0.0929. The number of aromatic nitrogens is 2. The van der Waals surface area contributed by atoms with Gasteiger partial charge in [-0.05, 0) is 49.4 Å². The van der Waals surface area contributed by atoms with Gasteiger partial charge in [0.05, 0.1) is 17.3 Å². The Morgan fingerprint density at radius 1 is 1.00 bits per heavy atom. The highest BCUT2D eigenvalue weighted by molar-refractivity contribution is 7.10. The van der Waals surface area contributed by atoms with E-state index in [0.717, 1.165) is 16.3 Å². The van der Waals surface area contributed by atoms with Crippen LogP contribution in [0.4, 0.5) is 4.39 Å². The van der Waals surface area contributed by atoms with Crippen LogP contribution in [0.2, 0.25) is 0 Å². The van der Waals surface area contributed by atoms with Crippen LogP contribution in [0.1, 0.15) is 44.3 Å². The van der Waals surface area contributed by atoms with Crippen molar-refractivity contribution in [2.45, 2.75) is 13.0 Å². The van der Waals surface area contributed by atoms with Crippen LogP contribution < -0.4 is 5.32 Å². The second-order valence-electron chi connectivity index (χ2n) is 6.89. The van der Waals surface area contributed by atoms with Crippen molar-refractivity contribution in [3.63, 3.8) is 0 Å². The predicted octanol–water partition coefficient (Wildman–Crippen LogP) is 5.07. The summed E-state index contributed by atoms with van der Waals surface area (Å²) in [7, 11) is 0. The lowest BCUT2D eigenvalue weighted by Gasteiger charge is -2.13. The monoisotopic (exact) mass is 431 g/mol. The van der Waals surface area contributed by atoms with Gasteiger partial charge in [0.15, 0.2) is 5.78 Å². The van der Waals surface area contributed by atoms with Gasteiger partial charge in [-0.25, -0.2) is 9.37 Å². The fraction of sp³-hybridized carbons (Fsp3) is 0.0833. The number of halogens is 1. The van der Waals surface area contributed by atoms with Crippen molar-refractivity contribution < 1.29 is 14.0 Å². The normalized spacial score (nSPS) is 11.7. The van der Waals surface area contributed by atoms with Crippen molar-refractivity contribution in [1.29, 1.82) is 0 Å². The van der Waals surface area contributed by atoms with Crippen LogP contribution in [0, 0.1) is 5.82 Å². The summed E-state index contributed by atoms with van der Waals surface area (Å²) in [6.07, 6.45) is 3.43. The highest BCUT2D eigenvalue weighted by Crippen LogP contribution is 2.25. The van der Waals surface area contributed by atoms with Crippen LogP contribution in [-0.4, -0.2) is 21.7 Å². The maximum atomic E-state index is 13.2. The molecule has 0 aliphatic rings. The predicted molar refractivity (Wildman–Crippen MR) is 118 cm³/mol. The van der Waals surface area contributed by atoms with Gasteiger partial charge in [-0.15, -0.1) is 11.3 Å². The molecule has 0 aliphatic carbocycles. The number of rotatable bonds is 6. The van der Waals surface area contributed by atoms with Crippen LogP contribution in [0.15, 0.2) is 78.4 Å². The molecule has 0 radical (unpaired) electrons. The number of carbonyl (C=O) groups excluding carboxylic acids is 2. The summed E-state index contributed by atoms with van der Waals surface area (Å²) in [6.45, 7) is 1.84. The summed E-state index contributed by atoms with van der Waals surface area (Å²) in [4.78, 5) is 34.5. The van der Waals surface area contributed by atoms with E-state index >= 15 is 0 Å². The Labute approximate surface area is 182 Å². The molecule has 7 heteroatoms. The van der Waals surface area contributed by atoms with Crippen LogP contribution >= 0.6 is 11.3 Å². The molecule has 1 atom stereocenters. The first-order valence-electron chi connectivity index (χ1n) is 9.59. The van der Waals surface area contributed by atoms with Gasteiger partial charge < -0.3 is 5.32 Å². The van der Waals surface area contributed by atoms with E-state index in [1.54, 1.807) is 36.7 Å². The molecule has 0 spiro atoms. The van der Waals surface area contributed by atoms with Crippen molar-refractivity contribution in [3.8, 4) is 11.3 Å². The fourth-order valence-corrected chi connectivity index (χ4v) is 3.94. The molecule has 154 valence electrons. The standard InChI is InChI=1S/C24H18FN3O2S/c1-15(24-28-21(14-31-24)17-5-4-12-26-13-17)27-23(30)20-7-3-2-6-19(20)22(29)16-8-10-18(25)11-9-16/h2-15H,1H3,(H,27,30). The van der Waals surface area contributed by atoms with E-state index < -0.39 is 5.82 Å². The fourth-order valence-electron chi connectivity index (χ4n) is 3.11. The Balaban J connectivity index is 1.53. The maximum absolute atomic E-state index is 13.2. The minimum Gasteiger partial charge on any atom is -0.343 e. The number of nitrogens with one attached hydrogen (secondary N) is 1. The molecule has 4 aromatic rings. The highest BCUT2D eigenvalue weighted by atomic mass is 32.1. The molecule has 1 N–H and O–H groups in total. The van der Waals surface area contributed by atoms with E-state index in [2.05, 4.69) is 15.3 Å². The van der Waals surface area contributed by atoms with Gasteiger partial charge in [0.25, 0.3) is 5.91 Å². The Morgan fingerprint density at radius 2 is 1.74 bits per heavy atom. The number of carbonyl (C=O) groups is 2. The van der Waals surface area contributed by atoms with Gasteiger partial charge in [0, 0.05) is 34.5 Å². The topological polar surface area (TPSA) is 72.0 Å². The van der Waals surface area contributed by atoms with Crippen LogP contribution in [0.5, 0.6) is 0 Å². The third kappa shape index (κ3) is 4.57. The van der Waals surface area contributed by atoms with Crippen LogP contribution in [0.3, 0.4) is 0 Å². The molecule has 1 unspecified atom stereocenters. The number of hydrogen-bond donors (Lipinski definition) is 1. The minimum absolute atomic E-state index is 0.257. The number of benzene rings is 2. The second kappa shape index (κ2) is 8.97. The van der Waals surface area contributed by atoms with E-state index in [4.69, 9.17) is 0 Å². The van der Waals surface area contributed by atoms with Crippen molar-refractivity contribution >= 4 is 23.0 Å². The summed E-state index contributed by atoms with van der Waals surface area (Å²) in [5.74, 6) is -1.14. The average molecular weight is 431 g/mol. The Bertz CT molecular complexity index is 1220. The largest absolute Gasteiger partial charge is 0.343 e. The third-order valence-corrected chi connectivity index (χ3v) is 5.75. The zero-order valence-electron chi connectivity index (χ0n) is 16.6. The molecule has 2 aromatic carbocycles. The zero-order valence-corrected chi connectivity index (χ0v) is 17.4. The molecular weight excluding hydrogens is 413 g/mol. The van der Waals surface area contributed by atoms with Crippen molar-refractivity contribution in [2.75, 3.05) is 0 Å². The first-order valence-corrected chi connectivity index (χ1v) is 10.5. The van der Waals surface area contributed by atoms with Crippen LogP contribution in [-0.2, 0) is 0 Å². The molecule has 1 amide bonds. The summed E-state index contributed by atoms with van der Waals surface area (Å²) in [5.41, 5.74) is 2.53. The molecule has 0 saturated heterocycles. The van der Waals surface area contributed by atoms with Gasteiger partial charge in [-0.1, -0.05) is 18.2 Å². The minimum atomic E-state index is -0.425. The number of ketones is 1. The second-order valence-corrected chi connectivity index (χ2v) is 7.78. The van der Waals surface area contributed by atoms with E-state index in [1.165, 1.54) is 35.6 Å². The van der Waals surface area contributed by atoms with Gasteiger partial charge in [-0.3, -0.25) is 14.6 Å². The van der Waals surface area contributed by atoms with Crippen molar-refractivity contribution in [3.05, 3.63) is 106 Å². The van der Waals surface area contributed by atoms with Gasteiger partial charge in [-0.2, -0.15) is 0 Å². The molecule has 2 aromatic heterocycles. The molecule has 0 aliphatic heterocycles. The van der Waals surface area contributed by atoms with E-state index in [0.29, 0.717) is 5.56 Å². The SMILES string of the molecule is CC(NC(=O)c1ccccc1C(=O)c1ccc(F)cc1)c1nc(-c2cccnc2)cs1. The molecule has 0 saturated carbocycles. The summed E-state index contributed by atoms with van der Waals surface area (Å²) >= 11 is 1.44. The molecule has 2 heterocycles. The first kappa shape index (κ1) is 20.6. The van der Waals surface area contributed by atoms with E-state index in [9.17, 15) is 14.0 Å². The number of amides is 1. The number of thiazole rings is 1. The average Bonchev–Trinajstić information content (AvgIpc) is 3.30. The van der Waals surface area contributed by atoms with Gasteiger partial charge in [0.1, 0.15) is 10.8 Å². The number of hydrogen-bond acceptors (Lipinski definition) is 5. The summed E-state index contributed by atoms with van der Waals surface area (Å²) < 4.78 is 13.2. The van der Waals surface area contributed by atoms with Crippen molar-refractivity contribution in [2.24, 2.45) is 0 Å². The Kier molecular flexibility index (Phi) is 5.95. The molecule has 5 nitrogen and oxygen atoms in total. The van der Waals surface area contributed by atoms with Crippen LogP contribution in [0.25, 0.3) is 11.3 Å². The van der Waals surface area contributed by atoms with E-state index in [1.807, 2.05) is 24.4 Å². The Morgan fingerprint density at radius 3 is 2.45 bits per heavy atom. The van der Waals surface area contributed by atoms with E-state index in [-0.39, 0.29) is 28.9 Å². The quantitative estimate of drug-likeness (QED) is 0.433. The highest BCUT2D eigenvalue weighted by Gasteiger charge is 2.21. The number of pyridine rings is 1. The first-order chi connectivity index (χ1) is 15.0. The van der Waals surface area contributed by atoms with Crippen molar-refractivity contribution in [1.82, 2.24) is 15.3 Å². The molecular formula is C24H18FN3O2S. The third-order valence-electron chi connectivity index (χ3n) is 4.72. The molecule has 4 rings (SSSR count). The lowest BCUT2D eigenvalue weighted by atomic mass is 9.97. The summed E-state index contributed by atoms with van der Waals surface area (Å²) in [6, 6.07) is 15.3. The maximum Gasteiger partial charge on any atom is 0.252 e. The summed E-state index contributed by atoms with van der Waals surface area (Å²) in [5, 5.41) is 5.58.